The second kappa shape index (κ2) is 3.37. The van der Waals surface area contributed by atoms with Crippen LogP contribution in [0.2, 0.25) is 4.34 Å². The summed E-state index contributed by atoms with van der Waals surface area (Å²) in [6.07, 6.45) is 0. The van der Waals surface area contributed by atoms with Crippen LogP contribution in [0.25, 0.3) is 0 Å². The summed E-state index contributed by atoms with van der Waals surface area (Å²) in [5, 5.41) is 0. The highest BCUT2D eigenvalue weighted by atomic mass is 79.9. The molecule has 0 aliphatic carbocycles. The summed E-state index contributed by atoms with van der Waals surface area (Å²) in [4.78, 5) is 9.84. The van der Waals surface area contributed by atoms with Crippen LogP contribution in [0.4, 0.5) is 0 Å². The largest absolute Gasteiger partial charge is 0.426 e. The van der Waals surface area contributed by atoms with Crippen molar-refractivity contribution in [3.8, 4) is 5.75 Å². The molecular weight excluding hydrogens is 239 g/mol. The molecule has 0 radical (unpaired) electrons. The van der Waals surface area contributed by atoms with Crippen molar-refractivity contribution in [3.05, 3.63) is 14.2 Å². The minimum absolute atomic E-state index is 0.348. The summed E-state index contributed by atoms with van der Waals surface area (Å²) in [5.74, 6) is 0.397. The second-order valence-corrected chi connectivity index (χ2v) is 4.44. The van der Waals surface area contributed by atoms with E-state index >= 15 is 0 Å². The van der Waals surface area contributed by atoms with Gasteiger partial charge in [0.1, 0.15) is 4.34 Å². The minimum Gasteiger partial charge on any atom is -0.426 e. The highest BCUT2D eigenvalue weighted by Crippen LogP contribution is 2.36. The Hall–Kier alpha value is -0.0600. The van der Waals surface area contributed by atoms with E-state index < -0.39 is 0 Å². The van der Waals surface area contributed by atoms with E-state index in [1.165, 1.54) is 11.3 Å². The summed E-state index contributed by atoms with van der Waals surface area (Å²) >= 11 is 10.1. The Morgan fingerprint density at radius 2 is 2.50 bits per heavy atom. The highest BCUT2D eigenvalue weighted by molar-refractivity contribution is 9.11. The van der Waals surface area contributed by atoms with E-state index in [1.54, 1.807) is 6.07 Å². The number of carbonyl (C=O) groups excluding carboxylic acids is 1. The second-order valence-electron chi connectivity index (χ2n) is 1.40. The van der Waals surface area contributed by atoms with Crippen LogP contribution >= 0.6 is 38.9 Å². The molecule has 5 heteroatoms. The Morgan fingerprint density at radius 1 is 1.80 bits per heavy atom. The van der Waals surface area contributed by atoms with Crippen molar-refractivity contribution in [3.63, 3.8) is 0 Å². The lowest BCUT2D eigenvalue weighted by Gasteiger charge is -1.89. The van der Waals surface area contributed by atoms with Crippen molar-refractivity contribution >= 4 is 45.3 Å². The standard InChI is InChI=1S/C5H2BrClO2S/c6-4-1-3(9-2-8)5(7)10-4/h1-2H. The lowest BCUT2D eigenvalue weighted by Crippen LogP contribution is -1.85. The fourth-order valence-electron chi connectivity index (χ4n) is 0.457. The van der Waals surface area contributed by atoms with Gasteiger partial charge in [-0.05, 0) is 15.9 Å². The molecule has 1 aromatic rings. The van der Waals surface area contributed by atoms with E-state index in [0.29, 0.717) is 16.6 Å². The average molecular weight is 241 g/mol. The van der Waals surface area contributed by atoms with Gasteiger partial charge >= 0.3 is 0 Å². The lowest BCUT2D eigenvalue weighted by molar-refractivity contribution is -0.120. The Balaban J connectivity index is 2.91. The summed E-state index contributed by atoms with van der Waals surface area (Å²) in [5.41, 5.74) is 0. The van der Waals surface area contributed by atoms with Gasteiger partial charge in [-0.2, -0.15) is 0 Å². The SMILES string of the molecule is O=COc1cc(Br)sc1Cl. The molecule has 54 valence electrons. The first-order chi connectivity index (χ1) is 4.74. The molecule has 0 bridgehead atoms. The number of ether oxygens (including phenoxy) is 1. The van der Waals surface area contributed by atoms with Crippen LogP contribution < -0.4 is 4.74 Å². The van der Waals surface area contributed by atoms with Gasteiger partial charge in [0.2, 0.25) is 0 Å². The van der Waals surface area contributed by atoms with Crippen LogP contribution in [0.3, 0.4) is 0 Å². The molecule has 0 amide bonds. The van der Waals surface area contributed by atoms with Gasteiger partial charge in [-0.3, -0.25) is 4.79 Å². The summed E-state index contributed by atoms with van der Waals surface area (Å²) in [7, 11) is 0. The van der Waals surface area contributed by atoms with E-state index in [0.717, 1.165) is 3.79 Å². The average Bonchev–Trinajstić information content (AvgIpc) is 2.13. The molecule has 1 rings (SSSR count). The quantitative estimate of drug-likeness (QED) is 0.744. The Morgan fingerprint density at radius 3 is 2.90 bits per heavy atom. The fraction of sp³-hybridized carbons (Fsp3) is 0. The number of hydrogen-bond acceptors (Lipinski definition) is 3. The molecule has 2 nitrogen and oxygen atoms in total. The van der Waals surface area contributed by atoms with E-state index in [4.69, 9.17) is 11.6 Å². The van der Waals surface area contributed by atoms with Crippen LogP contribution in [0, 0.1) is 0 Å². The number of hydrogen-bond donors (Lipinski definition) is 0. The van der Waals surface area contributed by atoms with Crippen molar-refractivity contribution in [2.75, 3.05) is 0 Å². The summed E-state index contributed by atoms with van der Waals surface area (Å²) in [6, 6.07) is 1.64. The third-order valence-electron chi connectivity index (χ3n) is 0.800. The van der Waals surface area contributed by atoms with Gasteiger partial charge in [-0.15, -0.1) is 11.3 Å². The lowest BCUT2D eigenvalue weighted by atomic mass is 10.6. The first-order valence-corrected chi connectivity index (χ1v) is 4.28. The molecule has 0 aliphatic rings. The van der Waals surface area contributed by atoms with Crippen molar-refractivity contribution < 1.29 is 9.53 Å². The highest BCUT2D eigenvalue weighted by Gasteiger charge is 2.05. The predicted molar refractivity (Wildman–Crippen MR) is 43.7 cm³/mol. The molecule has 0 aromatic carbocycles. The van der Waals surface area contributed by atoms with E-state index in [-0.39, 0.29) is 0 Å². The first-order valence-electron chi connectivity index (χ1n) is 2.29. The van der Waals surface area contributed by atoms with Crippen molar-refractivity contribution in [1.29, 1.82) is 0 Å². The zero-order chi connectivity index (χ0) is 7.56. The molecule has 0 unspecified atom stereocenters. The molecule has 10 heavy (non-hydrogen) atoms. The van der Waals surface area contributed by atoms with Crippen molar-refractivity contribution in [2.24, 2.45) is 0 Å². The van der Waals surface area contributed by atoms with Crippen LogP contribution in [0.1, 0.15) is 0 Å². The van der Waals surface area contributed by atoms with E-state index in [9.17, 15) is 4.79 Å². The molecule has 0 saturated carbocycles. The molecule has 1 aromatic heterocycles. The van der Waals surface area contributed by atoms with Gasteiger partial charge in [0.25, 0.3) is 6.47 Å². The number of rotatable bonds is 2. The molecule has 0 spiro atoms. The van der Waals surface area contributed by atoms with Gasteiger partial charge in [-0.1, -0.05) is 11.6 Å². The molecule has 0 N–H and O–H groups in total. The Bertz CT molecular complexity index is 248. The fourth-order valence-corrected chi connectivity index (χ4v) is 2.32. The van der Waals surface area contributed by atoms with Crippen molar-refractivity contribution in [1.82, 2.24) is 0 Å². The summed E-state index contributed by atoms with van der Waals surface area (Å²) < 4.78 is 5.84. The molecule has 0 aliphatic heterocycles. The van der Waals surface area contributed by atoms with E-state index in [1.807, 2.05) is 0 Å². The topological polar surface area (TPSA) is 26.3 Å². The first kappa shape index (κ1) is 8.04. The smallest absolute Gasteiger partial charge is 0.298 e. The minimum atomic E-state index is 0.348. The van der Waals surface area contributed by atoms with Gasteiger partial charge in [-0.25, -0.2) is 0 Å². The van der Waals surface area contributed by atoms with Gasteiger partial charge in [0.05, 0.1) is 3.79 Å². The van der Waals surface area contributed by atoms with Crippen LogP contribution in [0.15, 0.2) is 9.85 Å². The maximum absolute atomic E-state index is 9.84. The number of halogens is 2. The van der Waals surface area contributed by atoms with Gasteiger partial charge < -0.3 is 4.74 Å². The Labute approximate surface area is 74.9 Å². The maximum Gasteiger partial charge on any atom is 0.298 e. The monoisotopic (exact) mass is 240 g/mol. The predicted octanol–water partition coefficient (Wildman–Crippen LogP) is 2.70. The molecule has 0 atom stereocenters. The third kappa shape index (κ3) is 1.71. The zero-order valence-electron chi connectivity index (χ0n) is 4.64. The Kier molecular flexibility index (Phi) is 2.71. The van der Waals surface area contributed by atoms with Gasteiger partial charge in [0.15, 0.2) is 5.75 Å². The molecule has 0 fully saturated rings. The van der Waals surface area contributed by atoms with Crippen LogP contribution in [0.5, 0.6) is 5.75 Å². The summed E-state index contributed by atoms with van der Waals surface area (Å²) in [6.45, 7) is 0.348. The zero-order valence-corrected chi connectivity index (χ0v) is 7.79. The number of carbonyl (C=O) groups is 1. The number of thiophene rings is 1. The normalized spacial score (nSPS) is 9.40. The third-order valence-corrected chi connectivity index (χ3v) is 2.63. The van der Waals surface area contributed by atoms with Crippen LogP contribution in [-0.4, -0.2) is 6.47 Å². The van der Waals surface area contributed by atoms with E-state index in [2.05, 4.69) is 20.7 Å². The van der Waals surface area contributed by atoms with Gasteiger partial charge in [0, 0.05) is 6.07 Å². The molecular formula is C5H2BrClO2S. The van der Waals surface area contributed by atoms with Crippen molar-refractivity contribution in [2.45, 2.75) is 0 Å². The molecule has 0 saturated heterocycles. The molecule has 1 heterocycles. The van der Waals surface area contributed by atoms with Crippen LogP contribution in [-0.2, 0) is 4.79 Å². The maximum atomic E-state index is 9.84.